The van der Waals surface area contributed by atoms with Crippen LogP contribution in [0.2, 0.25) is 0 Å². The van der Waals surface area contributed by atoms with E-state index in [4.69, 9.17) is 4.74 Å². The lowest BCUT2D eigenvalue weighted by molar-refractivity contribution is 0.192. The maximum Gasteiger partial charge on any atom is 0.159 e. The molecule has 2 rings (SSSR count). The van der Waals surface area contributed by atoms with Gasteiger partial charge in [-0.3, -0.25) is 5.32 Å². The molecule has 0 spiro atoms. The van der Waals surface area contributed by atoms with Crippen LogP contribution in [-0.4, -0.2) is 23.2 Å². The molecule has 18 heavy (non-hydrogen) atoms. The topological polar surface area (TPSA) is 47.0 Å². The quantitative estimate of drug-likeness (QED) is 0.882. The number of nitrogens with zero attached hydrogens (tertiary/aromatic N) is 2. The number of hydrogen-bond donors (Lipinski definition) is 1. The van der Waals surface area contributed by atoms with Crippen molar-refractivity contribution in [3.05, 3.63) is 41.1 Å². The van der Waals surface area contributed by atoms with Crippen molar-refractivity contribution >= 4 is 15.9 Å². The molecule has 4 nitrogen and oxygen atoms in total. The third-order valence-corrected chi connectivity index (χ3v) is 2.92. The van der Waals surface area contributed by atoms with Gasteiger partial charge in [0, 0.05) is 10.0 Å². The molecule has 0 saturated heterocycles. The molecule has 1 unspecified atom stereocenters. The van der Waals surface area contributed by atoms with Crippen LogP contribution >= 0.6 is 15.9 Å². The first kappa shape index (κ1) is 13.0. The maximum atomic E-state index is 5.53. The Morgan fingerprint density at radius 1 is 1.28 bits per heavy atom. The minimum atomic E-state index is -0.0645. The van der Waals surface area contributed by atoms with Gasteiger partial charge in [0.15, 0.2) is 11.6 Å². The van der Waals surface area contributed by atoms with Crippen molar-refractivity contribution in [3.63, 3.8) is 0 Å². The van der Waals surface area contributed by atoms with Crippen LogP contribution in [0.15, 0.2) is 41.1 Å². The first-order valence-corrected chi connectivity index (χ1v) is 6.40. The summed E-state index contributed by atoms with van der Waals surface area (Å²) in [6.07, 6.45) is 3.29. The Kier molecular flexibility index (Phi) is 4.28. The molecule has 0 aliphatic heterocycles. The zero-order chi connectivity index (χ0) is 13.0. The van der Waals surface area contributed by atoms with Gasteiger partial charge in [-0.1, -0.05) is 28.1 Å². The Bertz CT molecular complexity index is 516. The Hall–Kier alpha value is -1.46. The fourth-order valence-corrected chi connectivity index (χ4v) is 1.82. The lowest BCUT2D eigenvalue weighted by Crippen LogP contribution is -2.27. The van der Waals surface area contributed by atoms with Gasteiger partial charge in [0.05, 0.1) is 12.4 Å². The van der Waals surface area contributed by atoms with Crippen molar-refractivity contribution in [1.82, 2.24) is 15.3 Å². The summed E-state index contributed by atoms with van der Waals surface area (Å²) in [5, 5.41) is 2.98. The lowest BCUT2D eigenvalue weighted by atomic mass is 10.2. The second-order valence-corrected chi connectivity index (χ2v) is 4.72. The van der Waals surface area contributed by atoms with Crippen LogP contribution in [0.4, 0.5) is 0 Å². The largest absolute Gasteiger partial charge is 0.472 e. The fourth-order valence-electron chi connectivity index (χ4n) is 1.42. The number of benzene rings is 1. The minimum Gasteiger partial charge on any atom is -0.472 e. The Balaban J connectivity index is 2.17. The van der Waals surface area contributed by atoms with E-state index in [2.05, 4.69) is 31.2 Å². The predicted molar refractivity (Wildman–Crippen MR) is 74.3 cm³/mol. The summed E-state index contributed by atoms with van der Waals surface area (Å²) < 4.78 is 6.54. The van der Waals surface area contributed by atoms with Crippen LogP contribution in [0.3, 0.4) is 0 Å². The summed E-state index contributed by atoms with van der Waals surface area (Å²) >= 11 is 3.43. The van der Waals surface area contributed by atoms with Gasteiger partial charge in [0.1, 0.15) is 6.23 Å². The SMILES string of the molecule is CNC(C)Oc1cnc(-c2cccc(Br)c2)nc1. The molecular formula is C13H14BrN3O. The second kappa shape index (κ2) is 5.93. The highest BCUT2D eigenvalue weighted by Gasteiger charge is 2.04. The lowest BCUT2D eigenvalue weighted by Gasteiger charge is -2.12. The Labute approximate surface area is 115 Å². The van der Waals surface area contributed by atoms with Crippen LogP contribution in [-0.2, 0) is 0 Å². The zero-order valence-electron chi connectivity index (χ0n) is 10.2. The van der Waals surface area contributed by atoms with Gasteiger partial charge in [-0.05, 0) is 26.1 Å². The molecule has 1 aromatic carbocycles. The van der Waals surface area contributed by atoms with E-state index in [9.17, 15) is 0 Å². The summed E-state index contributed by atoms with van der Waals surface area (Å²) in [6.45, 7) is 1.92. The van der Waals surface area contributed by atoms with Crippen LogP contribution < -0.4 is 10.1 Å². The Morgan fingerprint density at radius 3 is 2.61 bits per heavy atom. The third kappa shape index (κ3) is 3.27. The van der Waals surface area contributed by atoms with E-state index in [1.54, 1.807) is 12.4 Å². The smallest absolute Gasteiger partial charge is 0.159 e. The molecule has 5 heteroatoms. The molecule has 0 bridgehead atoms. The highest BCUT2D eigenvalue weighted by molar-refractivity contribution is 9.10. The van der Waals surface area contributed by atoms with Crippen LogP contribution in [0.1, 0.15) is 6.92 Å². The molecule has 2 aromatic rings. The first-order chi connectivity index (χ1) is 8.69. The van der Waals surface area contributed by atoms with Gasteiger partial charge in [0.25, 0.3) is 0 Å². The second-order valence-electron chi connectivity index (χ2n) is 3.80. The minimum absolute atomic E-state index is 0.0645. The highest BCUT2D eigenvalue weighted by atomic mass is 79.9. The molecule has 0 fully saturated rings. The molecule has 0 amide bonds. The van der Waals surface area contributed by atoms with E-state index in [-0.39, 0.29) is 6.23 Å². The van der Waals surface area contributed by atoms with Gasteiger partial charge in [-0.25, -0.2) is 9.97 Å². The van der Waals surface area contributed by atoms with Crippen LogP contribution in [0.25, 0.3) is 11.4 Å². The van der Waals surface area contributed by atoms with Gasteiger partial charge in [0.2, 0.25) is 0 Å². The number of halogens is 1. The number of aromatic nitrogens is 2. The van der Waals surface area contributed by atoms with Gasteiger partial charge in [-0.2, -0.15) is 0 Å². The molecule has 1 aromatic heterocycles. The van der Waals surface area contributed by atoms with E-state index in [0.717, 1.165) is 10.0 Å². The molecule has 1 N–H and O–H groups in total. The van der Waals surface area contributed by atoms with Crippen molar-refractivity contribution in [2.24, 2.45) is 0 Å². The number of hydrogen-bond acceptors (Lipinski definition) is 4. The van der Waals surface area contributed by atoms with E-state index in [1.165, 1.54) is 0 Å². The average Bonchev–Trinajstić information content (AvgIpc) is 2.39. The number of nitrogens with one attached hydrogen (secondary N) is 1. The summed E-state index contributed by atoms with van der Waals surface area (Å²) in [7, 11) is 1.83. The van der Waals surface area contributed by atoms with Crippen molar-refractivity contribution in [1.29, 1.82) is 0 Å². The predicted octanol–water partition coefficient (Wildman–Crippen LogP) is 2.85. The van der Waals surface area contributed by atoms with Crippen LogP contribution in [0.5, 0.6) is 5.75 Å². The van der Waals surface area contributed by atoms with E-state index < -0.39 is 0 Å². The van der Waals surface area contributed by atoms with Crippen LogP contribution in [0, 0.1) is 0 Å². The summed E-state index contributed by atoms with van der Waals surface area (Å²) in [4.78, 5) is 8.59. The highest BCUT2D eigenvalue weighted by Crippen LogP contribution is 2.20. The standard InChI is InChI=1S/C13H14BrN3O/c1-9(15-2)18-12-7-16-13(17-8-12)10-4-3-5-11(14)6-10/h3-9,15H,1-2H3. The molecule has 1 heterocycles. The molecule has 0 aliphatic rings. The Morgan fingerprint density at radius 2 is 2.00 bits per heavy atom. The van der Waals surface area contributed by atoms with Gasteiger partial charge < -0.3 is 4.74 Å². The van der Waals surface area contributed by atoms with Crippen molar-refractivity contribution in [2.45, 2.75) is 13.2 Å². The summed E-state index contributed by atoms with van der Waals surface area (Å²) in [5.41, 5.74) is 0.970. The molecular weight excluding hydrogens is 294 g/mol. The molecule has 94 valence electrons. The molecule has 0 aliphatic carbocycles. The maximum absolute atomic E-state index is 5.53. The molecule has 1 atom stereocenters. The fraction of sp³-hybridized carbons (Fsp3) is 0.231. The van der Waals surface area contributed by atoms with E-state index in [1.807, 2.05) is 38.2 Å². The number of ether oxygens (including phenoxy) is 1. The molecule has 0 radical (unpaired) electrons. The molecule has 0 saturated carbocycles. The first-order valence-electron chi connectivity index (χ1n) is 5.61. The number of rotatable bonds is 4. The van der Waals surface area contributed by atoms with E-state index >= 15 is 0 Å². The van der Waals surface area contributed by atoms with Crippen molar-refractivity contribution in [3.8, 4) is 17.1 Å². The average molecular weight is 308 g/mol. The van der Waals surface area contributed by atoms with E-state index in [0.29, 0.717) is 11.6 Å². The van der Waals surface area contributed by atoms with Crippen molar-refractivity contribution < 1.29 is 4.74 Å². The van der Waals surface area contributed by atoms with Crippen molar-refractivity contribution in [2.75, 3.05) is 7.05 Å². The normalized spacial score (nSPS) is 12.2. The summed E-state index contributed by atoms with van der Waals surface area (Å²) in [5.74, 6) is 1.33. The van der Waals surface area contributed by atoms with Gasteiger partial charge in [-0.15, -0.1) is 0 Å². The van der Waals surface area contributed by atoms with Gasteiger partial charge >= 0.3 is 0 Å². The zero-order valence-corrected chi connectivity index (χ0v) is 11.8. The monoisotopic (exact) mass is 307 g/mol. The summed E-state index contributed by atoms with van der Waals surface area (Å²) in [6, 6.07) is 7.87. The third-order valence-electron chi connectivity index (χ3n) is 2.43.